The molecule has 0 aliphatic carbocycles. The van der Waals surface area contributed by atoms with E-state index in [1.54, 1.807) is 24.3 Å². The van der Waals surface area contributed by atoms with Crippen molar-refractivity contribution in [2.45, 2.75) is 30.5 Å². The van der Waals surface area contributed by atoms with E-state index in [2.05, 4.69) is 0 Å². The summed E-state index contributed by atoms with van der Waals surface area (Å²) in [5.41, 5.74) is -0.273. The Hall–Kier alpha value is -2.61. The standard InChI is InChI=1S/C21H18ClF3N2O4S/c22-19-6-5-17(11-18(19)21(23,24)25)32(29,30)27-9-7-14(8-10-27)20(28)31-13-16-4-2-1-3-15(16)12-26/h1-6,11,14H,7-10,13H2. The topological polar surface area (TPSA) is 87.5 Å². The van der Waals surface area contributed by atoms with E-state index in [1.165, 1.54) is 0 Å². The summed E-state index contributed by atoms with van der Waals surface area (Å²) >= 11 is 5.57. The maximum atomic E-state index is 13.1. The minimum absolute atomic E-state index is 0.0408. The molecule has 1 fully saturated rings. The van der Waals surface area contributed by atoms with Gasteiger partial charge in [-0.2, -0.15) is 22.7 Å². The molecule has 0 atom stereocenters. The van der Waals surface area contributed by atoms with Crippen molar-refractivity contribution in [1.29, 1.82) is 5.26 Å². The summed E-state index contributed by atoms with van der Waals surface area (Å²) in [6, 6.07) is 11.1. The zero-order valence-corrected chi connectivity index (χ0v) is 18.2. The quantitative estimate of drug-likeness (QED) is 0.585. The maximum Gasteiger partial charge on any atom is 0.417 e. The smallest absolute Gasteiger partial charge is 0.417 e. The molecule has 1 saturated heterocycles. The first-order valence-corrected chi connectivity index (χ1v) is 11.4. The molecule has 0 saturated carbocycles. The fraction of sp³-hybridized carbons (Fsp3) is 0.333. The number of halogens is 4. The molecular weight excluding hydrogens is 469 g/mol. The zero-order valence-electron chi connectivity index (χ0n) is 16.6. The van der Waals surface area contributed by atoms with Gasteiger partial charge in [0.05, 0.1) is 33.0 Å². The average Bonchev–Trinajstić information content (AvgIpc) is 2.77. The van der Waals surface area contributed by atoms with Gasteiger partial charge < -0.3 is 4.74 Å². The highest BCUT2D eigenvalue weighted by Gasteiger charge is 2.37. The summed E-state index contributed by atoms with van der Waals surface area (Å²) in [6.07, 6.45) is -4.46. The predicted molar refractivity (Wildman–Crippen MR) is 109 cm³/mol. The molecule has 2 aromatic rings. The summed E-state index contributed by atoms with van der Waals surface area (Å²) in [5, 5.41) is 8.50. The van der Waals surface area contributed by atoms with Gasteiger partial charge in [0, 0.05) is 18.7 Å². The highest BCUT2D eigenvalue weighted by molar-refractivity contribution is 7.89. The van der Waals surface area contributed by atoms with Gasteiger partial charge in [-0.3, -0.25) is 4.79 Å². The molecule has 1 aliphatic rings. The Morgan fingerprint density at radius 3 is 2.47 bits per heavy atom. The molecule has 0 amide bonds. The van der Waals surface area contributed by atoms with Crippen molar-refractivity contribution in [2.24, 2.45) is 5.92 Å². The van der Waals surface area contributed by atoms with Crippen molar-refractivity contribution in [1.82, 2.24) is 4.31 Å². The van der Waals surface area contributed by atoms with Gasteiger partial charge in [0.25, 0.3) is 0 Å². The van der Waals surface area contributed by atoms with E-state index in [0.717, 1.165) is 16.4 Å². The fourth-order valence-corrected chi connectivity index (χ4v) is 5.11. The Bertz CT molecular complexity index is 1150. The van der Waals surface area contributed by atoms with E-state index in [9.17, 15) is 26.4 Å². The van der Waals surface area contributed by atoms with E-state index in [1.807, 2.05) is 6.07 Å². The molecule has 0 N–H and O–H groups in total. The van der Waals surface area contributed by atoms with Crippen LogP contribution in [0.2, 0.25) is 5.02 Å². The van der Waals surface area contributed by atoms with Crippen LogP contribution in [0, 0.1) is 17.2 Å². The molecule has 0 unspecified atom stereocenters. The van der Waals surface area contributed by atoms with Crippen molar-refractivity contribution in [2.75, 3.05) is 13.1 Å². The molecular formula is C21H18ClF3N2O4S. The lowest BCUT2D eigenvalue weighted by atomic mass is 9.98. The zero-order chi connectivity index (χ0) is 23.5. The highest BCUT2D eigenvalue weighted by atomic mass is 35.5. The second-order valence-electron chi connectivity index (χ2n) is 7.19. The molecule has 3 rings (SSSR count). The first-order valence-electron chi connectivity index (χ1n) is 9.55. The van der Waals surface area contributed by atoms with Crippen molar-refractivity contribution in [3.05, 3.63) is 64.2 Å². The lowest BCUT2D eigenvalue weighted by molar-refractivity contribution is -0.151. The van der Waals surface area contributed by atoms with Crippen LogP contribution in [-0.4, -0.2) is 31.8 Å². The second-order valence-corrected chi connectivity index (χ2v) is 9.54. The summed E-state index contributed by atoms with van der Waals surface area (Å²) in [4.78, 5) is 11.9. The molecule has 32 heavy (non-hydrogen) atoms. The number of alkyl halides is 3. The fourth-order valence-electron chi connectivity index (χ4n) is 3.38. The number of carbonyl (C=O) groups excluding carboxylic acids is 1. The number of nitriles is 1. The largest absolute Gasteiger partial charge is 0.461 e. The van der Waals surface area contributed by atoms with Crippen LogP contribution in [0.25, 0.3) is 0 Å². The van der Waals surface area contributed by atoms with Gasteiger partial charge in [0.2, 0.25) is 10.0 Å². The highest BCUT2D eigenvalue weighted by Crippen LogP contribution is 2.36. The van der Waals surface area contributed by atoms with Crippen LogP contribution in [0.5, 0.6) is 0 Å². The van der Waals surface area contributed by atoms with E-state index in [0.29, 0.717) is 17.2 Å². The van der Waals surface area contributed by atoms with Crippen molar-refractivity contribution >= 4 is 27.6 Å². The number of benzene rings is 2. The number of esters is 1. The minimum Gasteiger partial charge on any atom is -0.461 e. The molecule has 0 radical (unpaired) electrons. The normalized spacial score (nSPS) is 15.8. The van der Waals surface area contributed by atoms with E-state index < -0.39 is 43.6 Å². The van der Waals surface area contributed by atoms with Crippen LogP contribution < -0.4 is 0 Å². The number of hydrogen-bond acceptors (Lipinski definition) is 5. The minimum atomic E-state index is -4.79. The van der Waals surface area contributed by atoms with Crippen LogP contribution in [0.1, 0.15) is 29.5 Å². The lowest BCUT2D eigenvalue weighted by Gasteiger charge is -2.30. The number of piperidine rings is 1. The van der Waals surface area contributed by atoms with E-state index in [-0.39, 0.29) is 32.5 Å². The molecule has 6 nitrogen and oxygen atoms in total. The molecule has 170 valence electrons. The Kier molecular flexibility index (Phi) is 7.12. The SMILES string of the molecule is N#Cc1ccccc1COC(=O)C1CCN(S(=O)(=O)c2ccc(Cl)c(C(F)(F)F)c2)CC1. The van der Waals surface area contributed by atoms with Crippen molar-refractivity contribution in [3.63, 3.8) is 0 Å². The summed E-state index contributed by atoms with van der Waals surface area (Å²) in [7, 11) is -4.19. The maximum absolute atomic E-state index is 13.1. The van der Waals surface area contributed by atoms with Crippen molar-refractivity contribution < 1.29 is 31.1 Å². The van der Waals surface area contributed by atoms with Gasteiger partial charge in [0.1, 0.15) is 6.61 Å². The third-order valence-corrected chi connectivity index (χ3v) is 7.40. The summed E-state index contributed by atoms with van der Waals surface area (Å²) in [6.45, 7) is -0.159. The Morgan fingerprint density at radius 2 is 1.84 bits per heavy atom. The number of rotatable bonds is 5. The second kappa shape index (κ2) is 9.48. The number of nitrogens with zero attached hydrogens (tertiary/aromatic N) is 2. The van der Waals surface area contributed by atoms with Crippen LogP contribution in [0.4, 0.5) is 13.2 Å². The van der Waals surface area contributed by atoms with Gasteiger partial charge >= 0.3 is 12.1 Å². The van der Waals surface area contributed by atoms with Gasteiger partial charge in [-0.25, -0.2) is 8.42 Å². The molecule has 2 aromatic carbocycles. The average molecular weight is 487 g/mol. The summed E-state index contributed by atoms with van der Waals surface area (Å²) in [5.74, 6) is -1.06. The molecule has 0 bridgehead atoms. The van der Waals surface area contributed by atoms with Gasteiger partial charge in [-0.1, -0.05) is 29.8 Å². The molecule has 1 aliphatic heterocycles. The van der Waals surface area contributed by atoms with Crippen LogP contribution >= 0.6 is 11.6 Å². The number of ether oxygens (including phenoxy) is 1. The Morgan fingerprint density at radius 1 is 1.19 bits per heavy atom. The van der Waals surface area contributed by atoms with Gasteiger partial charge in [-0.05, 0) is 37.1 Å². The van der Waals surface area contributed by atoms with E-state index >= 15 is 0 Å². The van der Waals surface area contributed by atoms with Gasteiger partial charge in [0.15, 0.2) is 0 Å². The monoisotopic (exact) mass is 486 g/mol. The number of carbonyl (C=O) groups is 1. The van der Waals surface area contributed by atoms with E-state index in [4.69, 9.17) is 21.6 Å². The first kappa shape index (κ1) is 24.0. The Labute approximate surface area is 188 Å². The van der Waals surface area contributed by atoms with Crippen molar-refractivity contribution in [3.8, 4) is 6.07 Å². The molecule has 1 heterocycles. The molecule has 0 aromatic heterocycles. The third kappa shape index (κ3) is 5.23. The lowest BCUT2D eigenvalue weighted by Crippen LogP contribution is -2.40. The molecule has 0 spiro atoms. The van der Waals surface area contributed by atoms with Crippen LogP contribution in [0.15, 0.2) is 47.4 Å². The Balaban J connectivity index is 1.64. The van der Waals surface area contributed by atoms with Gasteiger partial charge in [-0.15, -0.1) is 0 Å². The number of sulfonamides is 1. The molecule has 11 heteroatoms. The number of hydrogen-bond donors (Lipinski definition) is 0. The third-order valence-electron chi connectivity index (χ3n) is 5.18. The van der Waals surface area contributed by atoms with Crippen LogP contribution in [-0.2, 0) is 32.3 Å². The van der Waals surface area contributed by atoms with Crippen LogP contribution in [0.3, 0.4) is 0 Å². The first-order chi connectivity index (χ1) is 15.0. The predicted octanol–water partition coefficient (Wildman–Crippen LogP) is 4.37. The summed E-state index contributed by atoms with van der Waals surface area (Å²) < 4.78 is 71.2.